The van der Waals surface area contributed by atoms with Gasteiger partial charge in [0.05, 0.1) is 4.90 Å². The summed E-state index contributed by atoms with van der Waals surface area (Å²) >= 11 is 0. The molecular formula is C83H101B7N4O9S. The van der Waals surface area contributed by atoms with Gasteiger partial charge in [0.1, 0.15) is 0 Å². The molecule has 0 aromatic heterocycles. The van der Waals surface area contributed by atoms with E-state index in [0.29, 0.717) is 101 Å². The van der Waals surface area contributed by atoms with Crippen LogP contribution in [0.25, 0.3) is 39.8 Å². The van der Waals surface area contributed by atoms with Gasteiger partial charge in [0.15, 0.2) is 0 Å². The summed E-state index contributed by atoms with van der Waals surface area (Å²) in [4.78, 5) is 6.85. The van der Waals surface area contributed by atoms with Crippen molar-refractivity contribution in [2.24, 2.45) is 0 Å². The highest BCUT2D eigenvalue weighted by Crippen LogP contribution is 2.45. The Bertz CT molecular complexity index is 4550. The van der Waals surface area contributed by atoms with Gasteiger partial charge in [-0.1, -0.05) is 275 Å². The van der Waals surface area contributed by atoms with Crippen molar-refractivity contribution in [2.45, 2.75) is 140 Å². The van der Waals surface area contributed by atoms with E-state index in [-0.39, 0.29) is 53.5 Å². The molecule has 6 N–H and O–H groups in total. The van der Waals surface area contributed by atoms with Crippen LogP contribution in [0.4, 0.5) is 0 Å². The fourth-order valence-corrected chi connectivity index (χ4v) is 18.1. The van der Waals surface area contributed by atoms with E-state index in [1.807, 2.05) is 75.3 Å². The molecule has 0 amide bonds. The highest BCUT2D eigenvalue weighted by Gasteiger charge is 2.38. The van der Waals surface area contributed by atoms with Crippen molar-refractivity contribution < 1.29 is 43.2 Å². The molecular weight excluding hydrogens is 1300 g/mol. The summed E-state index contributed by atoms with van der Waals surface area (Å²) in [7, 11) is -4.37. The minimum atomic E-state index is -4.48. The number of rotatable bonds is 31. The summed E-state index contributed by atoms with van der Waals surface area (Å²) < 4.78 is 41.8. The third kappa shape index (κ3) is 19.3. The summed E-state index contributed by atoms with van der Waals surface area (Å²) in [6.07, 6.45) is 16.7. The molecule has 0 bridgehead atoms. The first-order chi connectivity index (χ1) is 50.1. The van der Waals surface area contributed by atoms with E-state index in [2.05, 4.69) is 160 Å². The van der Waals surface area contributed by atoms with Crippen LogP contribution < -0.4 is 16.4 Å². The van der Waals surface area contributed by atoms with Gasteiger partial charge in [-0.05, 0) is 147 Å². The van der Waals surface area contributed by atoms with Gasteiger partial charge in [-0.3, -0.25) is 0 Å². The van der Waals surface area contributed by atoms with Gasteiger partial charge in [-0.25, -0.2) is 12.6 Å². The lowest BCUT2D eigenvalue weighted by Gasteiger charge is -2.36. The van der Waals surface area contributed by atoms with Gasteiger partial charge < -0.3 is 49.3 Å². The SMILES string of the molecule is C=Cc1c(C(=C)N(C)C)cccc1S(=O)(=O)N(BC1CC(BN(Cc2ccccc2B(O)O)Cc2c(/C=C\C)c(C)cc3ccccc23)CCCC(BN(C/C(=C/C)c2ccccc2C)Cc2ccccc2B(O)O)CC(BOCC2C(C)=C(/C=C\C)c3ccccc32)C1)Cc1ccccc1B(O)O. The standard InChI is InChI=1S/C83H101B7N4O9S/c1-11-29-72-58(6)47-62-32-16-21-39-75(62)78(72)55-93(53-64-34-18-25-44-81(64)89(97)98)85-66-36-27-37-67(84-92(52-63-33-17-24-43-80(63)88(95)96)51-61(13-3)71-38-20-15-31-57(71)5)49-69(87-103-56-79-59(7)73(30-12-2)76-40-22-23-41-77(76)79)50-68(48-66)86-94(54-65-35-19-26-45-82(65)90(99)100)104(101,102)83-46-28-42-74(70(83)14-4)60(8)91(9)10/h11-26,28-35,38-47,66-69,79,84-87,95-100H,4,8,27,36-37,48-56H2,1-3,5-7,9-10H3/b29-11-,30-12-,61-13-. The maximum absolute atomic E-state index is 16.5. The Kier molecular flexibility index (Phi) is 28.0. The highest BCUT2D eigenvalue weighted by molar-refractivity contribution is 7.90. The van der Waals surface area contributed by atoms with Crippen LogP contribution in [0.5, 0.6) is 0 Å². The van der Waals surface area contributed by atoms with Crippen molar-refractivity contribution in [2.75, 3.05) is 27.2 Å². The number of hydrogen-bond acceptors (Lipinski definition) is 12. The van der Waals surface area contributed by atoms with Gasteiger partial charge in [-0.15, -0.1) is 0 Å². The second-order valence-electron chi connectivity index (χ2n) is 28.9. The molecule has 8 aromatic rings. The van der Waals surface area contributed by atoms with Crippen LogP contribution >= 0.6 is 0 Å². The maximum Gasteiger partial charge on any atom is 0.488 e. The van der Waals surface area contributed by atoms with E-state index < -0.39 is 31.4 Å². The fraction of sp³-hybridized carbons (Fsp3) is 0.301. The molecule has 21 heteroatoms. The van der Waals surface area contributed by atoms with Crippen LogP contribution in [-0.2, 0) is 40.9 Å². The first-order valence-corrected chi connectivity index (χ1v) is 38.3. The number of aryl methyl sites for hydroxylation is 2. The second kappa shape index (κ2) is 37.0. The quantitative estimate of drug-likeness (QED) is 0.0227. The zero-order valence-corrected chi connectivity index (χ0v) is 62.9. The number of sulfonamides is 1. The Balaban J connectivity index is 1.15. The lowest BCUT2D eigenvalue weighted by molar-refractivity contribution is 0.306. The molecule has 0 aliphatic heterocycles. The van der Waals surface area contributed by atoms with E-state index in [4.69, 9.17) is 4.65 Å². The molecule has 8 aromatic carbocycles. The summed E-state index contributed by atoms with van der Waals surface area (Å²) in [5.41, 5.74) is 16.5. The number of fused-ring (bicyclic) bond motifs is 2. The molecule has 1 fully saturated rings. The fourth-order valence-electron chi connectivity index (χ4n) is 16.4. The molecule has 534 valence electrons. The average molecular weight is 1410 g/mol. The van der Waals surface area contributed by atoms with Gasteiger partial charge in [0, 0.05) is 76.2 Å². The van der Waals surface area contributed by atoms with Crippen molar-refractivity contribution in [3.8, 4) is 0 Å². The van der Waals surface area contributed by atoms with E-state index in [0.717, 1.165) is 81.0 Å². The normalized spacial score (nSPS) is 17.4. The first-order valence-electron chi connectivity index (χ1n) is 36.9. The van der Waals surface area contributed by atoms with E-state index in [9.17, 15) is 30.1 Å². The number of nitrogens with zero attached hydrogens (tertiary/aromatic N) is 4. The smallest absolute Gasteiger partial charge is 0.438 e. The van der Waals surface area contributed by atoms with Gasteiger partial charge in [0.25, 0.3) is 7.48 Å². The lowest BCUT2D eigenvalue weighted by Crippen LogP contribution is -2.42. The van der Waals surface area contributed by atoms with Crippen LogP contribution in [0.1, 0.15) is 139 Å². The highest BCUT2D eigenvalue weighted by atomic mass is 32.2. The average Bonchev–Trinajstić information content (AvgIpc) is 1.63. The second-order valence-corrected chi connectivity index (χ2v) is 30.8. The van der Waals surface area contributed by atoms with Crippen LogP contribution in [0.15, 0.2) is 218 Å². The molecule has 0 radical (unpaired) electrons. The minimum absolute atomic E-state index is 0.00827. The van der Waals surface area contributed by atoms with Gasteiger partial charge >= 0.3 is 21.4 Å². The predicted octanol–water partition coefficient (Wildman–Crippen LogP) is 11.3. The molecule has 2 aliphatic rings. The topological polar surface area (TPSA) is 178 Å². The van der Waals surface area contributed by atoms with Crippen LogP contribution in [0, 0.1) is 13.8 Å². The van der Waals surface area contributed by atoms with Crippen LogP contribution in [0.3, 0.4) is 0 Å². The monoisotopic (exact) mass is 1410 g/mol. The van der Waals surface area contributed by atoms with E-state index in [1.54, 1.807) is 58.8 Å². The maximum atomic E-state index is 16.5. The minimum Gasteiger partial charge on any atom is -0.438 e. The van der Waals surface area contributed by atoms with Crippen molar-refractivity contribution in [1.29, 1.82) is 0 Å². The van der Waals surface area contributed by atoms with Crippen molar-refractivity contribution in [3.63, 3.8) is 0 Å². The number of hydrogen-bond donors (Lipinski definition) is 6. The predicted molar refractivity (Wildman–Crippen MR) is 443 cm³/mol. The molecule has 5 atom stereocenters. The van der Waals surface area contributed by atoms with Crippen molar-refractivity contribution >= 4 is 117 Å². The largest absolute Gasteiger partial charge is 0.488 e. The van der Waals surface area contributed by atoms with Gasteiger partial charge in [-0.2, -0.15) is 0 Å². The molecule has 10 rings (SSSR count). The molecule has 0 saturated heterocycles. The molecule has 13 nitrogen and oxygen atoms in total. The van der Waals surface area contributed by atoms with Crippen LogP contribution in [-0.4, -0.2) is 136 Å². The first kappa shape index (κ1) is 78.8. The number of benzene rings is 8. The Morgan fingerprint density at radius 1 is 0.587 bits per heavy atom. The summed E-state index contributed by atoms with van der Waals surface area (Å²) in [5.74, 6) is -0.429. The Labute approximate surface area is 622 Å². The summed E-state index contributed by atoms with van der Waals surface area (Å²) in [6.45, 7) is 23.4. The molecule has 104 heavy (non-hydrogen) atoms. The third-order valence-corrected chi connectivity index (χ3v) is 23.4. The van der Waals surface area contributed by atoms with Crippen LogP contribution in [0.2, 0.25) is 23.3 Å². The lowest BCUT2D eigenvalue weighted by atomic mass is 9.53. The van der Waals surface area contributed by atoms with Crippen molar-refractivity contribution in [1.82, 2.24) is 18.7 Å². The van der Waals surface area contributed by atoms with E-state index >= 15 is 8.42 Å². The molecule has 0 spiro atoms. The van der Waals surface area contributed by atoms with Gasteiger partial charge in [0.2, 0.25) is 32.3 Å². The Morgan fingerprint density at radius 3 is 1.75 bits per heavy atom. The Hall–Kier alpha value is -7.74. The third-order valence-electron chi connectivity index (χ3n) is 21.5. The molecule has 5 unspecified atom stereocenters. The zero-order valence-electron chi connectivity index (χ0n) is 62.1. The van der Waals surface area contributed by atoms with Crippen molar-refractivity contribution in [3.05, 3.63) is 280 Å². The molecule has 0 heterocycles. The van der Waals surface area contributed by atoms with E-state index in [1.165, 1.54) is 22.3 Å². The summed E-state index contributed by atoms with van der Waals surface area (Å²) in [5, 5.41) is 68.2. The zero-order chi connectivity index (χ0) is 74.2. The molecule has 2 aliphatic carbocycles. The number of allylic oxidation sites excluding steroid dienone is 5. The summed E-state index contributed by atoms with van der Waals surface area (Å²) in [6, 6.07) is 55.1. The molecule has 1 saturated carbocycles. The Morgan fingerprint density at radius 2 is 1.13 bits per heavy atom.